The van der Waals surface area contributed by atoms with Gasteiger partial charge in [-0.2, -0.15) is 0 Å². The van der Waals surface area contributed by atoms with Gasteiger partial charge in [0, 0.05) is 43.8 Å². The van der Waals surface area contributed by atoms with Gasteiger partial charge in [-0.25, -0.2) is 4.98 Å². The van der Waals surface area contributed by atoms with Gasteiger partial charge in [0.15, 0.2) is 0 Å². The van der Waals surface area contributed by atoms with Crippen molar-refractivity contribution in [1.82, 2.24) is 9.55 Å². The van der Waals surface area contributed by atoms with Gasteiger partial charge in [0.2, 0.25) is 0 Å². The third kappa shape index (κ3) is 1.82. The fourth-order valence-electron chi connectivity index (χ4n) is 3.64. The zero-order valence-corrected chi connectivity index (χ0v) is 15.2. The summed E-state index contributed by atoms with van der Waals surface area (Å²) < 4.78 is 1.98. The second kappa shape index (κ2) is 5.02. The van der Waals surface area contributed by atoms with E-state index < -0.39 is 0 Å². The van der Waals surface area contributed by atoms with E-state index in [1.807, 2.05) is 18.2 Å². The summed E-state index contributed by atoms with van der Waals surface area (Å²) in [7, 11) is 1.47. The predicted molar refractivity (Wildman–Crippen MR) is 106 cm³/mol. The number of benzene rings is 2. The number of fused-ring (bicyclic) bond motifs is 3. The van der Waals surface area contributed by atoms with Crippen molar-refractivity contribution < 1.29 is 5.11 Å². The molecule has 2 heterocycles. The van der Waals surface area contributed by atoms with Crippen LogP contribution in [0.4, 0.5) is 0 Å². The molecule has 26 heavy (non-hydrogen) atoms. The van der Waals surface area contributed by atoms with Crippen LogP contribution in [-0.2, 0) is 7.05 Å². The van der Waals surface area contributed by atoms with Gasteiger partial charge in [0.05, 0.1) is 5.52 Å². The van der Waals surface area contributed by atoms with Crippen molar-refractivity contribution in [2.24, 2.45) is 7.05 Å². The minimum absolute atomic E-state index is 0.0272. The summed E-state index contributed by atoms with van der Waals surface area (Å²) in [6.45, 7) is 0. The molecule has 5 aromatic rings. The number of hydrogen-bond donors (Lipinski definition) is 1. The Labute approximate surface area is 154 Å². The van der Waals surface area contributed by atoms with Crippen molar-refractivity contribution in [1.29, 1.82) is 0 Å². The van der Waals surface area contributed by atoms with Crippen LogP contribution in [0.15, 0.2) is 56.5 Å². The van der Waals surface area contributed by atoms with Crippen LogP contribution < -0.4 is 11.1 Å². The first-order valence-corrected chi connectivity index (χ1v) is 8.76. The predicted octanol–water partition coefficient (Wildman–Crippen LogP) is 3.66. The number of rotatable bonds is 0. The number of pyridine rings is 1. The largest absolute Gasteiger partial charge is 0.505 e. The molecule has 126 valence electrons. The van der Waals surface area contributed by atoms with E-state index in [9.17, 15) is 14.7 Å². The summed E-state index contributed by atoms with van der Waals surface area (Å²) in [5.74, 6) is -0.0272. The van der Waals surface area contributed by atoms with Crippen molar-refractivity contribution in [3.8, 4) is 5.75 Å². The zero-order valence-electron chi connectivity index (χ0n) is 13.6. The molecule has 0 aliphatic rings. The van der Waals surface area contributed by atoms with Gasteiger partial charge in [0.25, 0.3) is 11.1 Å². The van der Waals surface area contributed by atoms with Crippen LogP contribution in [0.5, 0.6) is 5.75 Å². The molecule has 3 aromatic carbocycles. The first-order chi connectivity index (χ1) is 12.5. The van der Waals surface area contributed by atoms with Crippen molar-refractivity contribution in [2.45, 2.75) is 0 Å². The van der Waals surface area contributed by atoms with Gasteiger partial charge in [-0.05, 0) is 30.3 Å². The molecular weight excluding hydrogens is 396 g/mol. The van der Waals surface area contributed by atoms with Crippen LogP contribution in [0.25, 0.3) is 43.4 Å². The highest BCUT2D eigenvalue weighted by molar-refractivity contribution is 9.10. The molecule has 0 aliphatic heterocycles. The maximum atomic E-state index is 12.8. The topological polar surface area (TPSA) is 72.2 Å². The van der Waals surface area contributed by atoms with Gasteiger partial charge in [-0.15, -0.1) is 0 Å². The van der Waals surface area contributed by atoms with E-state index in [-0.39, 0.29) is 16.9 Å². The van der Waals surface area contributed by atoms with Gasteiger partial charge in [0.1, 0.15) is 11.3 Å². The first kappa shape index (κ1) is 15.3. The van der Waals surface area contributed by atoms with Crippen molar-refractivity contribution in [2.75, 3.05) is 0 Å². The summed E-state index contributed by atoms with van der Waals surface area (Å²) in [6.07, 6.45) is 0. The lowest BCUT2D eigenvalue weighted by Crippen LogP contribution is -2.30. The molecule has 1 N–H and O–H groups in total. The number of aromatic hydroxyl groups is 1. The molecule has 0 unspecified atom stereocenters. The van der Waals surface area contributed by atoms with Crippen molar-refractivity contribution in [3.63, 3.8) is 0 Å². The highest BCUT2D eigenvalue weighted by Crippen LogP contribution is 2.38. The second-order valence-electron chi connectivity index (χ2n) is 6.34. The number of nitrogens with zero attached hydrogens (tertiary/aromatic N) is 2. The molecule has 6 heteroatoms. The minimum atomic E-state index is -0.389. The quantitative estimate of drug-likeness (QED) is 0.425. The van der Waals surface area contributed by atoms with Gasteiger partial charge in [-0.3, -0.25) is 14.2 Å². The molecule has 0 saturated heterocycles. The molecule has 5 nitrogen and oxygen atoms in total. The highest BCUT2D eigenvalue weighted by atomic mass is 79.9. The molecule has 2 aromatic heterocycles. The average Bonchev–Trinajstić information content (AvgIpc) is 2.93. The lowest BCUT2D eigenvalue weighted by atomic mass is 10.1. The Morgan fingerprint density at radius 3 is 2.46 bits per heavy atom. The third-order valence-electron chi connectivity index (χ3n) is 4.91. The lowest BCUT2D eigenvalue weighted by Gasteiger charge is -2.04. The van der Waals surface area contributed by atoms with Gasteiger partial charge in [-0.1, -0.05) is 28.1 Å². The summed E-state index contributed by atoms with van der Waals surface area (Å²) in [6, 6.07) is 12.5. The van der Waals surface area contributed by atoms with Crippen LogP contribution in [-0.4, -0.2) is 14.7 Å². The van der Waals surface area contributed by atoms with Crippen LogP contribution in [0.1, 0.15) is 0 Å². The fourth-order valence-corrected chi connectivity index (χ4v) is 4.00. The Balaban J connectivity index is 2.24. The molecule has 5 rings (SSSR count). The highest BCUT2D eigenvalue weighted by Gasteiger charge is 2.18. The van der Waals surface area contributed by atoms with Gasteiger partial charge < -0.3 is 5.11 Å². The number of halogens is 1. The van der Waals surface area contributed by atoms with E-state index in [2.05, 4.69) is 20.9 Å². The second-order valence-corrected chi connectivity index (χ2v) is 7.26. The van der Waals surface area contributed by atoms with E-state index in [1.54, 1.807) is 24.3 Å². The molecule has 0 atom stereocenters. The zero-order chi connectivity index (χ0) is 18.2. The Bertz CT molecular complexity index is 1510. The van der Waals surface area contributed by atoms with E-state index in [0.717, 1.165) is 19.9 Å². The molecule has 0 amide bonds. The maximum Gasteiger partial charge on any atom is 0.261 e. The van der Waals surface area contributed by atoms with Crippen LogP contribution >= 0.6 is 15.9 Å². The Kier molecular flexibility index (Phi) is 2.95. The molecule has 0 fully saturated rings. The van der Waals surface area contributed by atoms with Crippen LogP contribution in [0, 0.1) is 0 Å². The molecule has 0 saturated carbocycles. The van der Waals surface area contributed by atoms with E-state index in [4.69, 9.17) is 0 Å². The van der Waals surface area contributed by atoms with Crippen LogP contribution in [0.3, 0.4) is 0 Å². The van der Waals surface area contributed by atoms with Crippen molar-refractivity contribution >= 4 is 59.3 Å². The average molecular weight is 407 g/mol. The molecule has 0 aliphatic carbocycles. The smallest absolute Gasteiger partial charge is 0.261 e. The molecule has 0 radical (unpaired) electrons. The maximum absolute atomic E-state index is 12.8. The standard InChI is InChI=1S/C20H11BrN2O3/c1-23-19(25)11-4-2-3-10-16(11)14(20(23)26)8-13-12-7-9(21)5-6-15(12)22-17(13)18(10)24/h2-8,24H,1H3. The van der Waals surface area contributed by atoms with Gasteiger partial charge >= 0.3 is 0 Å². The summed E-state index contributed by atoms with van der Waals surface area (Å²) in [4.78, 5) is 29.9. The Hall–Kier alpha value is -2.99. The van der Waals surface area contributed by atoms with E-state index in [1.165, 1.54) is 7.05 Å². The monoisotopic (exact) mass is 406 g/mol. The Morgan fingerprint density at radius 2 is 1.65 bits per heavy atom. The SMILES string of the molecule is Cn1c(=O)c2cccc3c(O)c4nc5ccc(Br)cc5c4cc(c1=O)c32. The van der Waals surface area contributed by atoms with E-state index in [0.29, 0.717) is 32.4 Å². The normalized spacial score (nSPS) is 11.9. The van der Waals surface area contributed by atoms with Crippen molar-refractivity contribution in [3.05, 3.63) is 67.6 Å². The minimum Gasteiger partial charge on any atom is -0.505 e. The Morgan fingerprint density at radius 1 is 0.923 bits per heavy atom. The number of aromatic nitrogens is 2. The summed E-state index contributed by atoms with van der Waals surface area (Å²) >= 11 is 3.45. The molecule has 0 bridgehead atoms. The molecular formula is C20H11BrN2O3. The lowest BCUT2D eigenvalue weighted by molar-refractivity contribution is 0.487. The van der Waals surface area contributed by atoms with E-state index >= 15 is 0 Å². The third-order valence-corrected chi connectivity index (χ3v) is 5.40. The number of hydrogen-bond acceptors (Lipinski definition) is 4. The van der Waals surface area contributed by atoms with Crippen LogP contribution in [0.2, 0.25) is 0 Å². The molecule has 0 spiro atoms. The fraction of sp³-hybridized carbons (Fsp3) is 0.0500. The first-order valence-electron chi connectivity index (χ1n) is 7.97. The summed E-state index contributed by atoms with van der Waals surface area (Å²) in [5, 5.41) is 14.1. The summed E-state index contributed by atoms with van der Waals surface area (Å²) in [5.41, 5.74) is 0.379.